The molecule has 1 aromatic heterocycles. The van der Waals surface area contributed by atoms with Crippen molar-refractivity contribution >= 4 is 40.6 Å². The molecule has 1 aliphatic rings. The van der Waals surface area contributed by atoms with Crippen LogP contribution in [0.15, 0.2) is 65.8 Å². The molecule has 0 amide bonds. The maximum Gasteiger partial charge on any atom is 0.252 e. The summed E-state index contributed by atoms with van der Waals surface area (Å²) in [5, 5.41) is 16.0. The van der Waals surface area contributed by atoms with E-state index >= 15 is 0 Å². The lowest BCUT2D eigenvalue weighted by Crippen LogP contribution is -2.28. The molecule has 0 saturated carbocycles. The van der Waals surface area contributed by atoms with Crippen LogP contribution in [-0.4, -0.2) is 47.0 Å². The minimum Gasteiger partial charge on any atom is -0.496 e. The van der Waals surface area contributed by atoms with Crippen LogP contribution in [0.2, 0.25) is 10.0 Å². The third-order valence-electron chi connectivity index (χ3n) is 5.84. The Balaban J connectivity index is 1.66. The summed E-state index contributed by atoms with van der Waals surface area (Å²) in [5.41, 5.74) is 3.53. The Kier molecular flexibility index (Phi) is 6.38. The van der Waals surface area contributed by atoms with E-state index in [2.05, 4.69) is 10.2 Å². The highest BCUT2D eigenvalue weighted by Gasteiger charge is 2.29. The molecular weight excluding hydrogens is 501 g/mol. The van der Waals surface area contributed by atoms with Gasteiger partial charge in [-0.25, -0.2) is 5.01 Å². The van der Waals surface area contributed by atoms with E-state index in [4.69, 9.17) is 37.8 Å². The number of benzene rings is 3. The number of hydrazone groups is 1. The smallest absolute Gasteiger partial charge is 0.252 e. The molecular formula is C26H21Cl2N5O3. The molecule has 0 saturated heterocycles. The lowest BCUT2D eigenvalue weighted by atomic mass is 10.0. The summed E-state index contributed by atoms with van der Waals surface area (Å²) in [4.78, 5) is 13.6. The molecule has 0 atom stereocenters. The van der Waals surface area contributed by atoms with Crippen LogP contribution in [0.25, 0.3) is 5.69 Å². The molecule has 10 heteroatoms. The van der Waals surface area contributed by atoms with Crippen molar-refractivity contribution in [2.75, 3.05) is 25.8 Å². The van der Waals surface area contributed by atoms with Crippen LogP contribution < -0.4 is 14.5 Å². The van der Waals surface area contributed by atoms with E-state index in [0.717, 1.165) is 16.8 Å². The molecule has 0 spiro atoms. The van der Waals surface area contributed by atoms with Gasteiger partial charge in [-0.05, 0) is 31.2 Å². The number of anilines is 1. The molecule has 36 heavy (non-hydrogen) atoms. The van der Waals surface area contributed by atoms with Gasteiger partial charge in [0, 0.05) is 22.2 Å². The average molecular weight is 522 g/mol. The summed E-state index contributed by atoms with van der Waals surface area (Å²) < 4.78 is 12.6. The van der Waals surface area contributed by atoms with Crippen LogP contribution in [0.1, 0.15) is 27.3 Å². The first-order chi connectivity index (χ1) is 17.4. The number of ketones is 1. The van der Waals surface area contributed by atoms with E-state index in [1.54, 1.807) is 29.3 Å². The van der Waals surface area contributed by atoms with Crippen molar-refractivity contribution in [3.8, 4) is 17.2 Å². The van der Waals surface area contributed by atoms with Crippen LogP contribution in [0.5, 0.6) is 11.5 Å². The molecule has 5 rings (SSSR count). The number of carbonyl (C=O) groups excluding carboxylic acids is 1. The average Bonchev–Trinajstić information content (AvgIpc) is 3.21. The van der Waals surface area contributed by atoms with E-state index < -0.39 is 0 Å². The summed E-state index contributed by atoms with van der Waals surface area (Å²) in [5.74, 6) is 1.52. The first-order valence-electron chi connectivity index (χ1n) is 11.0. The molecule has 0 bridgehead atoms. The van der Waals surface area contributed by atoms with E-state index in [1.807, 2.05) is 47.9 Å². The Morgan fingerprint density at radius 3 is 2.39 bits per heavy atom. The van der Waals surface area contributed by atoms with Gasteiger partial charge in [-0.2, -0.15) is 5.10 Å². The predicted molar refractivity (Wildman–Crippen MR) is 139 cm³/mol. The molecule has 8 nitrogen and oxygen atoms in total. The van der Waals surface area contributed by atoms with Crippen molar-refractivity contribution in [2.24, 2.45) is 5.10 Å². The summed E-state index contributed by atoms with van der Waals surface area (Å²) in [6.07, 6.45) is 0. The number of fused-ring (bicyclic) bond motifs is 3. The zero-order chi connectivity index (χ0) is 25.4. The molecule has 0 N–H and O–H groups in total. The number of aromatic nitrogens is 3. The second kappa shape index (κ2) is 9.64. The summed E-state index contributed by atoms with van der Waals surface area (Å²) in [7, 11) is 2.97. The third kappa shape index (κ3) is 4.19. The quantitative estimate of drug-likeness (QED) is 0.318. The lowest BCUT2D eigenvalue weighted by molar-refractivity contribution is 0.0995. The van der Waals surface area contributed by atoms with Crippen molar-refractivity contribution < 1.29 is 14.3 Å². The van der Waals surface area contributed by atoms with E-state index in [9.17, 15) is 4.79 Å². The van der Waals surface area contributed by atoms with Crippen molar-refractivity contribution in [3.63, 3.8) is 0 Å². The fourth-order valence-electron chi connectivity index (χ4n) is 4.12. The largest absolute Gasteiger partial charge is 0.496 e. The number of halogens is 2. The Morgan fingerprint density at radius 2 is 1.67 bits per heavy atom. The van der Waals surface area contributed by atoms with Gasteiger partial charge in [0.2, 0.25) is 0 Å². The molecule has 0 fully saturated rings. The van der Waals surface area contributed by atoms with Crippen LogP contribution in [0, 0.1) is 6.92 Å². The van der Waals surface area contributed by atoms with E-state index in [0.29, 0.717) is 44.6 Å². The summed E-state index contributed by atoms with van der Waals surface area (Å²) in [6.45, 7) is 1.72. The number of Topliss-reactive ketones (excluding diaryl/α,β-unsaturated/α-hetero) is 1. The van der Waals surface area contributed by atoms with Gasteiger partial charge in [-0.1, -0.05) is 53.5 Å². The van der Waals surface area contributed by atoms with Gasteiger partial charge in [-0.15, -0.1) is 10.2 Å². The van der Waals surface area contributed by atoms with E-state index in [-0.39, 0.29) is 12.3 Å². The van der Waals surface area contributed by atoms with Gasteiger partial charge in [0.1, 0.15) is 29.6 Å². The van der Waals surface area contributed by atoms with Crippen LogP contribution in [0.3, 0.4) is 0 Å². The Labute approximate surface area is 217 Å². The maximum absolute atomic E-state index is 13.6. The second-order valence-electron chi connectivity index (χ2n) is 8.02. The standard InChI is InChI=1S/C26H21Cl2N5O3/c1-15-29-30-26-32(14-22(34)19-12-24(36-3)20(28)13-23(19)35-2)31-25(16-8-10-17(27)11-9-16)18-6-4-5-7-21(18)33(15)26/h4-13H,14H2,1-3H3. The zero-order valence-corrected chi connectivity index (χ0v) is 21.2. The van der Waals surface area contributed by atoms with Crippen molar-refractivity contribution in [1.29, 1.82) is 0 Å². The van der Waals surface area contributed by atoms with Crippen molar-refractivity contribution in [1.82, 2.24) is 14.8 Å². The number of aryl methyl sites for hydroxylation is 1. The number of hydrogen-bond donors (Lipinski definition) is 0. The molecule has 2 heterocycles. The van der Waals surface area contributed by atoms with Gasteiger partial charge < -0.3 is 9.47 Å². The van der Waals surface area contributed by atoms with E-state index in [1.165, 1.54) is 14.2 Å². The van der Waals surface area contributed by atoms with Gasteiger partial charge in [0.05, 0.1) is 30.5 Å². The summed E-state index contributed by atoms with van der Waals surface area (Å²) >= 11 is 12.4. The number of methoxy groups -OCH3 is 2. The Morgan fingerprint density at radius 1 is 0.944 bits per heavy atom. The maximum atomic E-state index is 13.6. The Bertz CT molecular complexity index is 1500. The molecule has 3 aromatic carbocycles. The number of nitrogens with zero attached hydrogens (tertiary/aromatic N) is 5. The first kappa shape index (κ1) is 23.8. The SMILES string of the molecule is COc1cc(C(=O)CN2N=C(c3ccc(Cl)cc3)c3ccccc3-n3c(C)nnc32)c(OC)cc1Cl. The molecule has 0 radical (unpaired) electrons. The molecule has 0 aliphatic carbocycles. The Hall–Kier alpha value is -3.88. The van der Waals surface area contributed by atoms with Crippen LogP contribution in [-0.2, 0) is 0 Å². The fraction of sp³-hybridized carbons (Fsp3) is 0.154. The number of rotatable bonds is 6. The number of ether oxygens (including phenoxy) is 2. The van der Waals surface area contributed by atoms with Gasteiger partial charge in [-0.3, -0.25) is 9.36 Å². The lowest BCUT2D eigenvalue weighted by Gasteiger charge is -2.18. The normalized spacial score (nSPS) is 12.4. The highest BCUT2D eigenvalue weighted by molar-refractivity contribution is 6.32. The highest BCUT2D eigenvalue weighted by atomic mass is 35.5. The molecule has 182 valence electrons. The number of hydrogen-bond acceptors (Lipinski definition) is 7. The topological polar surface area (TPSA) is 81.8 Å². The molecule has 1 aliphatic heterocycles. The van der Waals surface area contributed by atoms with Gasteiger partial charge in [0.25, 0.3) is 5.95 Å². The summed E-state index contributed by atoms with van der Waals surface area (Å²) in [6, 6.07) is 18.3. The van der Waals surface area contributed by atoms with Crippen molar-refractivity contribution in [2.45, 2.75) is 6.92 Å². The number of para-hydroxylation sites is 1. The van der Waals surface area contributed by atoms with Crippen LogP contribution >= 0.6 is 23.2 Å². The van der Waals surface area contributed by atoms with Gasteiger partial charge >= 0.3 is 0 Å². The van der Waals surface area contributed by atoms with Crippen molar-refractivity contribution in [3.05, 3.63) is 93.2 Å². The monoisotopic (exact) mass is 521 g/mol. The minimum absolute atomic E-state index is 0.135. The van der Waals surface area contributed by atoms with Crippen LogP contribution in [0.4, 0.5) is 5.95 Å². The molecule has 4 aromatic rings. The zero-order valence-electron chi connectivity index (χ0n) is 19.7. The highest BCUT2D eigenvalue weighted by Crippen LogP contribution is 2.34. The predicted octanol–water partition coefficient (Wildman–Crippen LogP) is 5.36. The fourth-order valence-corrected chi connectivity index (χ4v) is 4.47. The minimum atomic E-state index is -0.265. The molecule has 0 unspecified atom stereocenters. The second-order valence-corrected chi connectivity index (χ2v) is 8.87. The first-order valence-corrected chi connectivity index (χ1v) is 11.8. The van der Waals surface area contributed by atoms with Gasteiger partial charge in [0.15, 0.2) is 5.78 Å². The number of carbonyl (C=O) groups is 1. The third-order valence-corrected chi connectivity index (χ3v) is 6.39.